The normalized spacial score (nSPS) is 24.2. The van der Waals surface area contributed by atoms with Crippen LogP contribution in [0.15, 0.2) is 4.99 Å². The Balaban J connectivity index is 2.77. The van der Waals surface area contributed by atoms with Crippen LogP contribution in [0.5, 0.6) is 0 Å². The minimum absolute atomic E-state index is 0.0588. The number of nitrogens with two attached hydrogens (primary N) is 1. The molecule has 5 heteroatoms. The molecule has 1 unspecified atom stereocenters. The van der Waals surface area contributed by atoms with Crippen molar-refractivity contribution in [1.82, 2.24) is 5.32 Å². The van der Waals surface area contributed by atoms with Gasteiger partial charge in [-0.3, -0.25) is 4.79 Å². The van der Waals surface area contributed by atoms with Crippen molar-refractivity contribution in [2.45, 2.75) is 45.7 Å². The van der Waals surface area contributed by atoms with E-state index in [-0.39, 0.29) is 17.4 Å². The molecule has 1 heterocycles. The number of amides is 1. The molecule has 1 amide bonds. The van der Waals surface area contributed by atoms with Gasteiger partial charge in [0.2, 0.25) is 5.91 Å². The molecule has 0 aromatic heterocycles. The number of nitrogens with one attached hydrogen (secondary N) is 1. The Hall–Kier alpha value is -0.710. The second kappa shape index (κ2) is 5.08. The van der Waals surface area contributed by atoms with E-state index in [0.29, 0.717) is 0 Å². The van der Waals surface area contributed by atoms with Crippen LogP contribution in [0, 0.1) is 5.92 Å². The van der Waals surface area contributed by atoms with Crippen LogP contribution < -0.4 is 11.1 Å². The van der Waals surface area contributed by atoms with Crippen molar-refractivity contribution in [3.8, 4) is 0 Å². The Kier molecular flexibility index (Phi) is 4.24. The molecule has 0 aliphatic carbocycles. The molecule has 1 rings (SSSR count). The fraction of sp³-hybridized carbons (Fsp3) is 0.818. The zero-order valence-corrected chi connectivity index (χ0v) is 11.2. The standard InChI is InChI=1S/C11H21N3OS/c1-7(2)8(9(12)15)13-10-14-11(3,4)5-6-16-10/h7-8H,5-6H2,1-4H3,(H2,12,15)(H,13,14). The van der Waals surface area contributed by atoms with E-state index in [1.807, 2.05) is 13.8 Å². The molecule has 1 aliphatic rings. The molecule has 0 aromatic carbocycles. The SMILES string of the molecule is CC(C)C(N=C1NC(C)(C)CCS1)C(N)=O. The molecular weight excluding hydrogens is 222 g/mol. The van der Waals surface area contributed by atoms with E-state index in [2.05, 4.69) is 24.2 Å². The summed E-state index contributed by atoms with van der Waals surface area (Å²) in [6.45, 7) is 8.18. The second-order valence-corrected chi connectivity index (χ2v) is 6.22. The summed E-state index contributed by atoms with van der Waals surface area (Å²) in [4.78, 5) is 15.7. The molecule has 4 nitrogen and oxygen atoms in total. The molecular formula is C11H21N3OS. The molecule has 1 saturated heterocycles. The molecule has 1 aliphatic heterocycles. The van der Waals surface area contributed by atoms with Crippen LogP contribution in [0.2, 0.25) is 0 Å². The summed E-state index contributed by atoms with van der Waals surface area (Å²) in [5.41, 5.74) is 5.40. The summed E-state index contributed by atoms with van der Waals surface area (Å²) in [6.07, 6.45) is 1.10. The number of nitrogens with zero attached hydrogens (tertiary/aromatic N) is 1. The number of rotatable bonds is 3. The fourth-order valence-electron chi connectivity index (χ4n) is 1.53. The molecule has 92 valence electrons. The summed E-state index contributed by atoms with van der Waals surface area (Å²) < 4.78 is 0. The quantitative estimate of drug-likeness (QED) is 0.786. The molecule has 1 fully saturated rings. The zero-order chi connectivity index (χ0) is 12.3. The maximum Gasteiger partial charge on any atom is 0.242 e. The number of amidine groups is 1. The second-order valence-electron chi connectivity index (χ2n) is 5.13. The van der Waals surface area contributed by atoms with E-state index >= 15 is 0 Å². The van der Waals surface area contributed by atoms with Crippen LogP contribution >= 0.6 is 11.8 Å². The van der Waals surface area contributed by atoms with Crippen molar-refractivity contribution < 1.29 is 4.79 Å². The van der Waals surface area contributed by atoms with Gasteiger partial charge in [0.15, 0.2) is 5.17 Å². The predicted molar refractivity (Wildman–Crippen MR) is 69.5 cm³/mol. The van der Waals surface area contributed by atoms with Crippen LogP contribution in [-0.2, 0) is 4.79 Å². The molecule has 0 radical (unpaired) electrons. The molecule has 1 atom stereocenters. The topological polar surface area (TPSA) is 67.5 Å². The Morgan fingerprint density at radius 2 is 2.19 bits per heavy atom. The lowest BCUT2D eigenvalue weighted by Gasteiger charge is -2.33. The van der Waals surface area contributed by atoms with Gasteiger partial charge in [-0.05, 0) is 26.2 Å². The average Bonchev–Trinajstić information content (AvgIpc) is 2.11. The lowest BCUT2D eigenvalue weighted by atomic mass is 10.0. The zero-order valence-electron chi connectivity index (χ0n) is 10.4. The van der Waals surface area contributed by atoms with Gasteiger partial charge in [0.25, 0.3) is 0 Å². The Bertz CT molecular complexity index is 300. The van der Waals surface area contributed by atoms with Crippen molar-refractivity contribution in [1.29, 1.82) is 0 Å². The number of hydrogen-bond acceptors (Lipinski definition) is 3. The van der Waals surface area contributed by atoms with Gasteiger partial charge in [0.05, 0.1) is 0 Å². The minimum Gasteiger partial charge on any atom is -0.368 e. The van der Waals surface area contributed by atoms with Gasteiger partial charge in [-0.1, -0.05) is 25.6 Å². The van der Waals surface area contributed by atoms with Crippen molar-refractivity contribution in [3.63, 3.8) is 0 Å². The van der Waals surface area contributed by atoms with Gasteiger partial charge in [0.1, 0.15) is 6.04 Å². The number of primary amides is 1. The number of carbonyl (C=O) groups excluding carboxylic acids is 1. The van der Waals surface area contributed by atoms with E-state index in [9.17, 15) is 4.79 Å². The van der Waals surface area contributed by atoms with Gasteiger partial charge in [0, 0.05) is 11.3 Å². The first-order valence-electron chi connectivity index (χ1n) is 5.60. The monoisotopic (exact) mass is 243 g/mol. The number of carbonyl (C=O) groups is 1. The number of thioether (sulfide) groups is 1. The van der Waals surface area contributed by atoms with Crippen molar-refractivity contribution >= 4 is 22.8 Å². The van der Waals surface area contributed by atoms with Crippen LogP contribution in [0.25, 0.3) is 0 Å². The van der Waals surface area contributed by atoms with E-state index in [0.717, 1.165) is 17.3 Å². The van der Waals surface area contributed by atoms with Gasteiger partial charge in [-0.2, -0.15) is 0 Å². The van der Waals surface area contributed by atoms with E-state index in [4.69, 9.17) is 5.73 Å². The Morgan fingerprint density at radius 1 is 1.56 bits per heavy atom. The van der Waals surface area contributed by atoms with Crippen LogP contribution in [0.1, 0.15) is 34.1 Å². The Labute approximate surface area is 101 Å². The first-order chi connectivity index (χ1) is 7.32. The van der Waals surface area contributed by atoms with Crippen molar-refractivity contribution in [2.75, 3.05) is 5.75 Å². The third-order valence-electron chi connectivity index (χ3n) is 2.59. The third kappa shape index (κ3) is 3.70. The number of aliphatic imine (C=N–C) groups is 1. The van der Waals surface area contributed by atoms with E-state index in [1.165, 1.54) is 0 Å². The van der Waals surface area contributed by atoms with Crippen LogP contribution in [0.3, 0.4) is 0 Å². The lowest BCUT2D eigenvalue weighted by Crippen LogP contribution is -2.47. The summed E-state index contributed by atoms with van der Waals surface area (Å²) >= 11 is 1.66. The average molecular weight is 243 g/mol. The molecule has 0 aromatic rings. The maximum absolute atomic E-state index is 11.3. The highest BCUT2D eigenvalue weighted by atomic mass is 32.2. The molecule has 16 heavy (non-hydrogen) atoms. The van der Waals surface area contributed by atoms with Gasteiger partial charge >= 0.3 is 0 Å². The van der Waals surface area contributed by atoms with Crippen LogP contribution in [0.4, 0.5) is 0 Å². The maximum atomic E-state index is 11.3. The smallest absolute Gasteiger partial charge is 0.242 e. The highest BCUT2D eigenvalue weighted by Crippen LogP contribution is 2.22. The molecule has 0 saturated carbocycles. The predicted octanol–water partition coefficient (Wildman–Crippen LogP) is 1.36. The first kappa shape index (κ1) is 13.4. The summed E-state index contributed by atoms with van der Waals surface area (Å²) in [5.74, 6) is 0.813. The fourth-order valence-corrected chi connectivity index (χ4v) is 2.87. The molecule has 3 N–H and O–H groups in total. The van der Waals surface area contributed by atoms with Crippen molar-refractivity contribution in [3.05, 3.63) is 0 Å². The van der Waals surface area contributed by atoms with E-state index in [1.54, 1.807) is 11.8 Å². The number of hydrogen-bond donors (Lipinski definition) is 2. The lowest BCUT2D eigenvalue weighted by molar-refractivity contribution is -0.120. The summed E-state index contributed by atoms with van der Waals surface area (Å²) in [7, 11) is 0. The Morgan fingerprint density at radius 3 is 2.62 bits per heavy atom. The summed E-state index contributed by atoms with van der Waals surface area (Å²) in [6, 6.07) is -0.427. The van der Waals surface area contributed by atoms with Gasteiger partial charge < -0.3 is 11.1 Å². The van der Waals surface area contributed by atoms with Gasteiger partial charge in [-0.25, -0.2) is 4.99 Å². The third-order valence-corrected chi connectivity index (χ3v) is 3.48. The van der Waals surface area contributed by atoms with Crippen LogP contribution in [-0.4, -0.2) is 28.4 Å². The minimum atomic E-state index is -0.427. The van der Waals surface area contributed by atoms with Gasteiger partial charge in [-0.15, -0.1) is 0 Å². The highest BCUT2D eigenvalue weighted by molar-refractivity contribution is 8.13. The first-order valence-corrected chi connectivity index (χ1v) is 6.58. The highest BCUT2D eigenvalue weighted by Gasteiger charge is 2.26. The van der Waals surface area contributed by atoms with Crippen molar-refractivity contribution in [2.24, 2.45) is 16.6 Å². The summed E-state index contributed by atoms with van der Waals surface area (Å²) in [5, 5.41) is 4.18. The molecule has 0 bridgehead atoms. The molecule has 0 spiro atoms. The largest absolute Gasteiger partial charge is 0.368 e. The van der Waals surface area contributed by atoms with E-state index < -0.39 is 6.04 Å².